The van der Waals surface area contributed by atoms with Gasteiger partial charge in [0.15, 0.2) is 0 Å². The first-order valence-corrected chi connectivity index (χ1v) is 11.5. The van der Waals surface area contributed by atoms with E-state index >= 15 is 0 Å². The highest BCUT2D eigenvalue weighted by Gasteiger charge is 2.39. The van der Waals surface area contributed by atoms with Gasteiger partial charge in [-0.15, -0.1) is 0 Å². The minimum atomic E-state index is -0.882. The maximum Gasteiger partial charge on any atom is 0.0722 e. The molecule has 0 heterocycles. The molecule has 0 saturated carbocycles. The van der Waals surface area contributed by atoms with E-state index in [9.17, 15) is 0 Å². The number of allylic oxidation sites excluding steroid dienone is 2. The largest absolute Gasteiger partial charge is 0.0817 e. The molecule has 0 aromatic heterocycles. The van der Waals surface area contributed by atoms with E-state index in [1.165, 1.54) is 6.42 Å². The molecule has 0 spiro atoms. The standard InChI is InChI=1S/C9H20Si2/c1-10(2,3)8-7-9(8)11(4,5)6/h7H2,1-6H3. The third kappa shape index (κ3) is 2.06. The summed E-state index contributed by atoms with van der Waals surface area (Å²) < 4.78 is 0. The van der Waals surface area contributed by atoms with Crippen molar-refractivity contribution in [1.82, 2.24) is 0 Å². The van der Waals surface area contributed by atoms with Crippen molar-refractivity contribution in [3.63, 3.8) is 0 Å². The Morgan fingerprint density at radius 2 is 1.00 bits per heavy atom. The van der Waals surface area contributed by atoms with Crippen LogP contribution in [0.4, 0.5) is 0 Å². The Bertz CT molecular complexity index is 179. The summed E-state index contributed by atoms with van der Waals surface area (Å²) in [5.74, 6) is 0. The van der Waals surface area contributed by atoms with Gasteiger partial charge in [-0.25, -0.2) is 0 Å². The van der Waals surface area contributed by atoms with Crippen LogP contribution in [0, 0.1) is 0 Å². The molecule has 0 bridgehead atoms. The van der Waals surface area contributed by atoms with Gasteiger partial charge in [-0.05, 0) is 6.42 Å². The highest BCUT2D eigenvalue weighted by Crippen LogP contribution is 2.43. The first-order valence-electron chi connectivity index (χ1n) is 4.46. The van der Waals surface area contributed by atoms with Gasteiger partial charge >= 0.3 is 0 Å². The molecular weight excluding hydrogens is 164 g/mol. The molecule has 0 nitrogen and oxygen atoms in total. The predicted molar refractivity (Wildman–Crippen MR) is 58.3 cm³/mol. The summed E-state index contributed by atoms with van der Waals surface area (Å²) in [6, 6.07) is 0. The summed E-state index contributed by atoms with van der Waals surface area (Å²) in [6.45, 7) is 14.8. The Balaban J connectivity index is 2.77. The lowest BCUT2D eigenvalue weighted by Gasteiger charge is -2.13. The zero-order valence-corrected chi connectivity index (χ0v) is 10.7. The fourth-order valence-corrected chi connectivity index (χ4v) is 7.22. The lowest BCUT2D eigenvalue weighted by atomic mass is 10.9. The smallest absolute Gasteiger partial charge is 0.0722 e. The number of rotatable bonds is 2. The van der Waals surface area contributed by atoms with Crippen LogP contribution in [0.3, 0.4) is 0 Å². The molecule has 0 aromatic carbocycles. The summed E-state index contributed by atoms with van der Waals surface area (Å²) >= 11 is 0. The Labute approximate surface area is 72.7 Å². The van der Waals surface area contributed by atoms with Crippen LogP contribution in [0.1, 0.15) is 6.42 Å². The first-order chi connectivity index (χ1) is 4.73. The Morgan fingerprint density at radius 3 is 1.09 bits per heavy atom. The fourth-order valence-electron chi connectivity index (χ4n) is 1.57. The molecule has 0 aromatic rings. The molecular formula is C9H20Si2. The van der Waals surface area contributed by atoms with Crippen molar-refractivity contribution in [3.8, 4) is 0 Å². The average Bonchev–Trinajstić information content (AvgIpc) is 2.30. The van der Waals surface area contributed by atoms with Gasteiger partial charge in [-0.1, -0.05) is 49.7 Å². The van der Waals surface area contributed by atoms with Crippen LogP contribution in [0.2, 0.25) is 39.3 Å². The summed E-state index contributed by atoms with van der Waals surface area (Å²) in [6.07, 6.45) is 1.41. The Hall–Kier alpha value is 0.174. The summed E-state index contributed by atoms with van der Waals surface area (Å²) in [7, 11) is -1.76. The van der Waals surface area contributed by atoms with E-state index in [1.54, 1.807) is 0 Å². The van der Waals surface area contributed by atoms with Gasteiger partial charge in [0.25, 0.3) is 0 Å². The van der Waals surface area contributed by atoms with Crippen molar-refractivity contribution in [3.05, 3.63) is 10.4 Å². The van der Waals surface area contributed by atoms with Gasteiger partial charge < -0.3 is 0 Å². The molecule has 11 heavy (non-hydrogen) atoms. The summed E-state index contributed by atoms with van der Waals surface area (Å²) in [5, 5.41) is 3.77. The molecule has 0 amide bonds. The van der Waals surface area contributed by atoms with E-state index in [1.807, 2.05) is 10.4 Å². The molecule has 64 valence electrons. The fraction of sp³-hybridized carbons (Fsp3) is 0.778. The van der Waals surface area contributed by atoms with Crippen LogP contribution in [0.5, 0.6) is 0 Å². The second-order valence-electron chi connectivity index (χ2n) is 5.63. The number of hydrogen-bond acceptors (Lipinski definition) is 0. The SMILES string of the molecule is C[Si](C)(C)C1=C([Si](C)(C)C)C1. The van der Waals surface area contributed by atoms with Gasteiger partial charge in [-0.3, -0.25) is 0 Å². The zero-order chi connectivity index (χ0) is 8.86. The summed E-state index contributed by atoms with van der Waals surface area (Å²) in [4.78, 5) is 0. The van der Waals surface area contributed by atoms with E-state index < -0.39 is 16.1 Å². The van der Waals surface area contributed by atoms with E-state index in [0.29, 0.717) is 0 Å². The Kier molecular flexibility index (Phi) is 1.96. The molecule has 0 fully saturated rings. The summed E-state index contributed by atoms with van der Waals surface area (Å²) in [5.41, 5.74) is 0. The molecule has 2 heteroatoms. The average molecular weight is 184 g/mol. The second-order valence-corrected chi connectivity index (χ2v) is 15.8. The molecule has 0 N–H and O–H groups in total. The first kappa shape index (κ1) is 9.26. The monoisotopic (exact) mass is 184 g/mol. The van der Waals surface area contributed by atoms with E-state index in [0.717, 1.165) is 0 Å². The topological polar surface area (TPSA) is 0 Å². The van der Waals surface area contributed by atoms with Crippen molar-refractivity contribution >= 4 is 16.1 Å². The van der Waals surface area contributed by atoms with Crippen molar-refractivity contribution in [2.45, 2.75) is 45.7 Å². The maximum absolute atomic E-state index is 2.47. The lowest BCUT2D eigenvalue weighted by molar-refractivity contribution is 1.54. The quantitative estimate of drug-likeness (QED) is 0.577. The van der Waals surface area contributed by atoms with Gasteiger partial charge in [0.2, 0.25) is 0 Å². The highest BCUT2D eigenvalue weighted by atomic mass is 28.3. The molecule has 0 aliphatic heterocycles. The van der Waals surface area contributed by atoms with Gasteiger partial charge in [0.1, 0.15) is 0 Å². The zero-order valence-electron chi connectivity index (χ0n) is 8.71. The third-order valence-electron chi connectivity index (χ3n) is 2.40. The van der Waals surface area contributed by atoms with Crippen molar-refractivity contribution < 1.29 is 0 Å². The minimum Gasteiger partial charge on any atom is -0.0817 e. The van der Waals surface area contributed by atoms with Crippen molar-refractivity contribution in [1.29, 1.82) is 0 Å². The highest BCUT2D eigenvalue weighted by molar-refractivity contribution is 6.92. The number of hydrogen-bond donors (Lipinski definition) is 0. The maximum atomic E-state index is 2.47. The minimum absolute atomic E-state index is 0.882. The Morgan fingerprint density at radius 1 is 0.727 bits per heavy atom. The predicted octanol–water partition coefficient (Wildman–Crippen LogP) is 3.44. The van der Waals surface area contributed by atoms with Crippen LogP contribution in [-0.2, 0) is 0 Å². The molecule has 1 aliphatic carbocycles. The van der Waals surface area contributed by atoms with Crippen molar-refractivity contribution in [2.75, 3.05) is 0 Å². The van der Waals surface area contributed by atoms with E-state index in [4.69, 9.17) is 0 Å². The van der Waals surface area contributed by atoms with Crippen LogP contribution < -0.4 is 0 Å². The van der Waals surface area contributed by atoms with Crippen LogP contribution >= 0.6 is 0 Å². The van der Waals surface area contributed by atoms with Crippen LogP contribution in [0.25, 0.3) is 0 Å². The van der Waals surface area contributed by atoms with Crippen molar-refractivity contribution in [2.24, 2.45) is 0 Å². The molecule has 1 aliphatic rings. The van der Waals surface area contributed by atoms with Gasteiger partial charge in [-0.2, -0.15) is 0 Å². The van der Waals surface area contributed by atoms with Gasteiger partial charge in [0.05, 0.1) is 16.1 Å². The molecule has 1 rings (SSSR count). The van der Waals surface area contributed by atoms with E-state index in [-0.39, 0.29) is 0 Å². The van der Waals surface area contributed by atoms with E-state index in [2.05, 4.69) is 39.3 Å². The molecule has 0 atom stereocenters. The molecule has 0 saturated heterocycles. The second kappa shape index (κ2) is 2.33. The van der Waals surface area contributed by atoms with Gasteiger partial charge in [0, 0.05) is 0 Å². The molecule has 0 radical (unpaired) electrons. The van der Waals surface area contributed by atoms with Crippen LogP contribution in [0.15, 0.2) is 10.4 Å². The molecule has 0 unspecified atom stereocenters. The third-order valence-corrected chi connectivity index (χ3v) is 7.23. The van der Waals surface area contributed by atoms with Crippen LogP contribution in [-0.4, -0.2) is 16.1 Å². The lowest BCUT2D eigenvalue weighted by Crippen LogP contribution is -2.21. The normalized spacial score (nSPS) is 19.1.